The second-order valence-electron chi connectivity index (χ2n) is 17.2. The van der Waals surface area contributed by atoms with Crippen molar-refractivity contribution in [1.82, 2.24) is 16.0 Å². The number of nitrogens with one attached hydrogen (secondary N) is 3. The van der Waals surface area contributed by atoms with E-state index >= 15 is 0 Å². The van der Waals surface area contributed by atoms with Crippen LogP contribution in [0, 0.1) is 34.8 Å². The Kier molecular flexibility index (Phi) is 20.1. The number of oxime groups is 1. The fraction of sp³-hybridized carbons (Fsp3) is 0.309. The number of hydrogen-bond donors (Lipinski definition) is 3. The van der Waals surface area contributed by atoms with Crippen molar-refractivity contribution in [3.05, 3.63) is 195 Å². The number of Topliss-reactive ketones (excluding diaryl/α,β-unsaturated/α-hetero) is 1. The van der Waals surface area contributed by atoms with E-state index in [1.54, 1.807) is 26.0 Å². The van der Waals surface area contributed by atoms with Crippen molar-refractivity contribution in [3.63, 3.8) is 0 Å². The van der Waals surface area contributed by atoms with E-state index in [9.17, 15) is 34.1 Å². The molecule has 5 atom stereocenters. The Morgan fingerprint density at radius 3 is 1.86 bits per heavy atom. The largest absolute Gasteiger partial charge is 0.445 e. The Hall–Kier alpha value is -7.74. The van der Waals surface area contributed by atoms with Crippen LogP contribution in [0.25, 0.3) is 0 Å². The minimum atomic E-state index is -1.18. The van der Waals surface area contributed by atoms with Gasteiger partial charge in [0.1, 0.15) is 18.4 Å². The number of aryl methyl sites for hydroxylation is 3. The lowest BCUT2D eigenvalue weighted by molar-refractivity contribution is -0.384. The van der Waals surface area contributed by atoms with Crippen LogP contribution >= 0.6 is 0 Å². The third-order valence-corrected chi connectivity index (χ3v) is 11.9. The predicted octanol–water partition coefficient (Wildman–Crippen LogP) is 8.61. The number of rotatable bonds is 25. The van der Waals surface area contributed by atoms with Crippen LogP contribution in [0.15, 0.2) is 151 Å². The minimum absolute atomic E-state index is 0.00178. The molecule has 3 N–H and O–H groups in total. The Balaban J connectivity index is 1.39. The van der Waals surface area contributed by atoms with Crippen molar-refractivity contribution in [2.45, 2.75) is 78.3 Å². The SMILES string of the molecule is C=CCOC(=O)NC[C@H](C)C(=O)N[C@@H](Cc1ccc(CCc2ccccc2)cc1)C(=O)C[C@@H](Cc1ccccc1)C(=O)N[C@H](C(=O)O/N=C(/c1ccc(C)cc1)c1ccc([N+](=O)[O-])cc1)C(C)CC. The fourth-order valence-electron chi connectivity index (χ4n) is 7.44. The summed E-state index contributed by atoms with van der Waals surface area (Å²) in [6, 6.07) is 38.0. The van der Waals surface area contributed by atoms with Gasteiger partial charge in [-0.3, -0.25) is 24.5 Å². The zero-order valence-corrected chi connectivity index (χ0v) is 39.6. The average molecular weight is 936 g/mol. The molecule has 0 spiro atoms. The van der Waals surface area contributed by atoms with Crippen LogP contribution in [0.5, 0.6) is 0 Å². The van der Waals surface area contributed by atoms with Crippen molar-refractivity contribution in [3.8, 4) is 0 Å². The Bertz CT molecular complexity index is 2530. The topological polar surface area (TPSA) is 195 Å². The summed E-state index contributed by atoms with van der Waals surface area (Å²) in [5.74, 6) is -4.48. The lowest BCUT2D eigenvalue weighted by Gasteiger charge is -2.26. The molecule has 360 valence electrons. The van der Waals surface area contributed by atoms with Crippen LogP contribution in [0.3, 0.4) is 0 Å². The number of benzene rings is 5. The normalized spacial score (nSPS) is 13.4. The first kappa shape index (κ1) is 52.2. The number of nitro benzene ring substituents is 1. The lowest BCUT2D eigenvalue weighted by atomic mass is 9.88. The highest BCUT2D eigenvalue weighted by molar-refractivity contribution is 6.13. The van der Waals surface area contributed by atoms with E-state index in [1.165, 1.54) is 35.9 Å². The van der Waals surface area contributed by atoms with Gasteiger partial charge in [0, 0.05) is 42.1 Å². The van der Waals surface area contributed by atoms with Crippen molar-refractivity contribution in [1.29, 1.82) is 0 Å². The van der Waals surface area contributed by atoms with Crippen LogP contribution in [0.4, 0.5) is 10.5 Å². The summed E-state index contributed by atoms with van der Waals surface area (Å²) < 4.78 is 4.98. The number of nitrogens with zero attached hydrogens (tertiary/aromatic N) is 2. The van der Waals surface area contributed by atoms with Crippen molar-refractivity contribution in [2.24, 2.45) is 22.9 Å². The van der Waals surface area contributed by atoms with E-state index in [0.29, 0.717) is 17.5 Å². The molecule has 0 fully saturated rings. The van der Waals surface area contributed by atoms with E-state index in [0.717, 1.165) is 35.1 Å². The molecule has 0 radical (unpaired) electrons. The number of non-ortho nitro benzene ring substituents is 1. The molecule has 69 heavy (non-hydrogen) atoms. The van der Waals surface area contributed by atoms with Gasteiger partial charge in [0.05, 0.1) is 16.9 Å². The summed E-state index contributed by atoms with van der Waals surface area (Å²) in [6.45, 7) is 10.7. The van der Waals surface area contributed by atoms with Gasteiger partial charge in [0.2, 0.25) is 11.8 Å². The fourth-order valence-corrected chi connectivity index (χ4v) is 7.44. The number of carbonyl (C=O) groups is 5. The van der Waals surface area contributed by atoms with Crippen LogP contribution in [0.2, 0.25) is 0 Å². The van der Waals surface area contributed by atoms with Crippen molar-refractivity contribution < 1.29 is 38.5 Å². The molecule has 14 heteroatoms. The molecule has 5 aromatic rings. The van der Waals surface area contributed by atoms with Gasteiger partial charge in [-0.25, -0.2) is 9.59 Å². The Morgan fingerprint density at radius 2 is 1.28 bits per heavy atom. The predicted molar refractivity (Wildman–Crippen MR) is 265 cm³/mol. The van der Waals surface area contributed by atoms with E-state index in [4.69, 9.17) is 9.57 Å². The number of ether oxygens (including phenoxy) is 1. The first-order valence-electron chi connectivity index (χ1n) is 23.2. The zero-order chi connectivity index (χ0) is 49.7. The third-order valence-electron chi connectivity index (χ3n) is 11.9. The molecular weight excluding hydrogens is 875 g/mol. The van der Waals surface area contributed by atoms with Crippen LogP contribution in [-0.2, 0) is 54.4 Å². The molecule has 0 aliphatic carbocycles. The van der Waals surface area contributed by atoms with E-state index in [1.807, 2.05) is 98.8 Å². The van der Waals surface area contributed by atoms with Gasteiger partial charge in [0.25, 0.3) is 5.69 Å². The van der Waals surface area contributed by atoms with Gasteiger partial charge in [-0.15, -0.1) is 0 Å². The third kappa shape index (κ3) is 16.5. The summed E-state index contributed by atoms with van der Waals surface area (Å²) in [5, 5.41) is 24.0. The molecule has 0 saturated heterocycles. The van der Waals surface area contributed by atoms with Gasteiger partial charge < -0.3 is 25.5 Å². The summed E-state index contributed by atoms with van der Waals surface area (Å²) >= 11 is 0. The van der Waals surface area contributed by atoms with E-state index in [-0.39, 0.29) is 43.8 Å². The van der Waals surface area contributed by atoms with Crippen LogP contribution < -0.4 is 16.0 Å². The summed E-state index contributed by atoms with van der Waals surface area (Å²) in [7, 11) is 0. The summed E-state index contributed by atoms with van der Waals surface area (Å²) in [5.41, 5.74) is 6.04. The smallest absolute Gasteiger partial charge is 0.407 e. The van der Waals surface area contributed by atoms with Gasteiger partial charge in [-0.2, -0.15) is 0 Å². The number of carbonyl (C=O) groups excluding carboxylic acids is 5. The van der Waals surface area contributed by atoms with Gasteiger partial charge in [0.15, 0.2) is 5.78 Å². The summed E-state index contributed by atoms with van der Waals surface area (Å²) in [6.07, 6.45) is 2.82. The molecule has 0 aromatic heterocycles. The molecule has 0 aliphatic rings. The monoisotopic (exact) mass is 935 g/mol. The van der Waals surface area contributed by atoms with E-state index < -0.39 is 64.4 Å². The van der Waals surface area contributed by atoms with E-state index in [2.05, 4.69) is 39.8 Å². The molecule has 0 saturated carbocycles. The second kappa shape index (κ2) is 26.6. The highest BCUT2D eigenvalue weighted by Gasteiger charge is 2.34. The first-order valence-corrected chi connectivity index (χ1v) is 23.2. The molecule has 5 rings (SSSR count). The average Bonchev–Trinajstić information content (AvgIpc) is 3.36. The molecule has 0 aliphatic heterocycles. The zero-order valence-electron chi connectivity index (χ0n) is 39.6. The number of alkyl carbamates (subject to hydrolysis) is 1. The highest BCUT2D eigenvalue weighted by Crippen LogP contribution is 2.21. The van der Waals surface area contributed by atoms with Crippen LogP contribution in [-0.4, -0.2) is 65.5 Å². The lowest BCUT2D eigenvalue weighted by Crippen LogP contribution is -2.50. The molecule has 1 unspecified atom stereocenters. The minimum Gasteiger partial charge on any atom is -0.445 e. The standard InChI is InChI=1S/C55H61N5O9/c1-6-32-68-55(65)56-36-39(5)52(62)57-48(34-43-24-22-41(23-25-43)21-20-40-14-10-8-11-15-40)49(61)35-46(33-42-16-12-9-13-17-42)53(63)58-50(38(4)7-2)54(64)69-59-51(44-26-18-37(3)19-27-44)45-28-30-47(31-29-45)60(66)67/h6,8-19,22-31,38-39,46,48,50H,1,7,20-21,32-36H2,2-5H3,(H,56,65)(H,57,62)(H,58,63)/b59-51-/t38?,39-,46+,48-,50-/m0/s1. The molecule has 0 bridgehead atoms. The van der Waals surface area contributed by atoms with Crippen LogP contribution in [0.1, 0.15) is 72.6 Å². The molecule has 14 nitrogen and oxygen atoms in total. The second-order valence-corrected chi connectivity index (χ2v) is 17.2. The van der Waals surface area contributed by atoms with Gasteiger partial charge in [-0.1, -0.05) is 160 Å². The Morgan fingerprint density at radius 1 is 0.725 bits per heavy atom. The maximum atomic E-state index is 14.6. The molecule has 5 aromatic carbocycles. The number of hydrogen-bond acceptors (Lipinski definition) is 10. The van der Waals surface area contributed by atoms with Crippen molar-refractivity contribution in [2.75, 3.05) is 13.2 Å². The maximum Gasteiger partial charge on any atom is 0.407 e. The number of ketones is 1. The van der Waals surface area contributed by atoms with Gasteiger partial charge >= 0.3 is 12.1 Å². The quantitative estimate of drug-likeness (QED) is 0.0169. The number of amides is 3. The van der Waals surface area contributed by atoms with Gasteiger partial charge in [-0.05, 0) is 72.9 Å². The Labute approximate surface area is 403 Å². The number of nitro groups is 1. The molecular formula is C55H61N5O9. The summed E-state index contributed by atoms with van der Waals surface area (Å²) in [4.78, 5) is 85.5. The highest BCUT2D eigenvalue weighted by atomic mass is 16.7. The molecule has 3 amide bonds. The van der Waals surface area contributed by atoms with Crippen molar-refractivity contribution >= 4 is 41.1 Å². The molecule has 0 heterocycles. The maximum absolute atomic E-state index is 14.6. The first-order chi connectivity index (χ1) is 33.2.